The Labute approximate surface area is 309 Å². The molecule has 0 radical (unpaired) electrons. The molecule has 2 rings (SSSR count). The molecule has 1 aliphatic rings. The van der Waals surface area contributed by atoms with Gasteiger partial charge in [-0.15, -0.1) is 0 Å². The van der Waals surface area contributed by atoms with E-state index in [4.69, 9.17) is 15.2 Å². The van der Waals surface area contributed by atoms with Crippen molar-refractivity contribution in [2.45, 2.75) is 96.2 Å². The highest BCUT2D eigenvalue weighted by Crippen LogP contribution is 2.29. The van der Waals surface area contributed by atoms with Crippen LogP contribution >= 0.6 is 0 Å². The zero-order chi connectivity index (χ0) is 39.0. The maximum absolute atomic E-state index is 13.9. The number of rotatable bonds is 22. The highest BCUT2D eigenvalue weighted by molar-refractivity contribution is 5.95. The van der Waals surface area contributed by atoms with Crippen LogP contribution in [-0.4, -0.2) is 137 Å². The smallest absolute Gasteiger partial charge is 0.243 e. The van der Waals surface area contributed by atoms with Crippen LogP contribution in [0.1, 0.15) is 58.9 Å². The molecule has 0 saturated carbocycles. The minimum absolute atomic E-state index is 0.0733. The minimum Gasteiger partial charge on any atom is -0.379 e. The Morgan fingerprint density at radius 2 is 1.67 bits per heavy atom. The van der Waals surface area contributed by atoms with E-state index >= 15 is 0 Å². The van der Waals surface area contributed by atoms with Gasteiger partial charge in [-0.05, 0) is 63.9 Å². The summed E-state index contributed by atoms with van der Waals surface area (Å²) in [5.41, 5.74) is 7.57. The lowest BCUT2D eigenvalue weighted by Crippen LogP contribution is -2.54. The number of hydrogen-bond acceptors (Lipinski definition) is 10. The Balaban J connectivity index is 2.05. The van der Waals surface area contributed by atoms with Gasteiger partial charge in [-0.1, -0.05) is 39.3 Å². The van der Waals surface area contributed by atoms with Crippen LogP contribution in [-0.2, 0) is 39.9 Å². The Kier molecular flexibility index (Phi) is 19.2. The molecule has 1 saturated heterocycles. The summed E-state index contributed by atoms with van der Waals surface area (Å²) in [7, 11) is 8.29. The lowest BCUT2D eigenvalue weighted by molar-refractivity contribution is -0.145. The normalized spacial score (nSPS) is 18.3. The molecule has 5 amide bonds. The van der Waals surface area contributed by atoms with Crippen molar-refractivity contribution in [2.24, 2.45) is 17.6 Å². The number of nitrogens with two attached hydrogens (primary N) is 1. The van der Waals surface area contributed by atoms with Crippen LogP contribution in [0.2, 0.25) is 0 Å². The molecule has 0 aliphatic carbocycles. The molecule has 8 unspecified atom stereocenters. The van der Waals surface area contributed by atoms with Gasteiger partial charge in [-0.25, -0.2) is 0 Å². The number of nitrogens with zero attached hydrogens (tertiary/aromatic N) is 2. The summed E-state index contributed by atoms with van der Waals surface area (Å²) in [6.07, 6.45) is 1.79. The van der Waals surface area contributed by atoms with Gasteiger partial charge in [0.15, 0.2) is 0 Å². The van der Waals surface area contributed by atoms with Crippen LogP contribution in [0.25, 0.3) is 0 Å². The molecule has 15 heteroatoms. The molecule has 1 aromatic rings. The van der Waals surface area contributed by atoms with E-state index in [0.717, 1.165) is 18.4 Å². The van der Waals surface area contributed by atoms with Crippen LogP contribution in [0.3, 0.4) is 0 Å². The zero-order valence-electron chi connectivity index (χ0n) is 32.6. The van der Waals surface area contributed by atoms with Gasteiger partial charge in [0.1, 0.15) is 0 Å². The van der Waals surface area contributed by atoms with Gasteiger partial charge in [-0.3, -0.25) is 24.0 Å². The molecule has 7 N–H and O–H groups in total. The molecular weight excluding hydrogens is 668 g/mol. The molecule has 8 atom stereocenters. The van der Waals surface area contributed by atoms with Crippen molar-refractivity contribution in [1.29, 1.82) is 0 Å². The number of anilines is 1. The van der Waals surface area contributed by atoms with Crippen molar-refractivity contribution < 1.29 is 33.4 Å². The molecule has 0 spiro atoms. The quantitative estimate of drug-likeness (QED) is 0.0976. The van der Waals surface area contributed by atoms with E-state index in [-0.39, 0.29) is 79.6 Å². The summed E-state index contributed by atoms with van der Waals surface area (Å²) in [5, 5.41) is 14.1. The molecule has 294 valence electrons. The second-order valence-electron chi connectivity index (χ2n) is 13.8. The molecule has 1 aromatic carbocycles. The fraction of sp³-hybridized carbons (Fsp3) is 0.703. The summed E-state index contributed by atoms with van der Waals surface area (Å²) in [5.74, 6) is -1.50. The number of nitrogens with one attached hydrogen (secondary N) is 5. The Bertz CT molecular complexity index is 1300. The summed E-state index contributed by atoms with van der Waals surface area (Å²) in [6, 6.07) is 5.85. The van der Waals surface area contributed by atoms with Gasteiger partial charge < -0.3 is 51.6 Å². The van der Waals surface area contributed by atoms with Crippen LogP contribution in [0.15, 0.2) is 24.3 Å². The molecule has 0 bridgehead atoms. The summed E-state index contributed by atoms with van der Waals surface area (Å²) >= 11 is 0. The molecule has 52 heavy (non-hydrogen) atoms. The first kappa shape index (κ1) is 44.5. The minimum atomic E-state index is -0.581. The second kappa shape index (κ2) is 22.4. The fourth-order valence-electron chi connectivity index (χ4n) is 6.79. The zero-order valence-corrected chi connectivity index (χ0v) is 32.6. The van der Waals surface area contributed by atoms with Crippen molar-refractivity contribution >= 4 is 35.2 Å². The maximum Gasteiger partial charge on any atom is 0.243 e. The Hall–Kier alpha value is -3.63. The summed E-state index contributed by atoms with van der Waals surface area (Å²) in [4.78, 5) is 68.0. The van der Waals surface area contributed by atoms with E-state index in [1.54, 1.807) is 66.2 Å². The van der Waals surface area contributed by atoms with Gasteiger partial charge in [0.25, 0.3) is 0 Å². The third kappa shape index (κ3) is 12.8. The lowest BCUT2D eigenvalue weighted by atomic mass is 9.90. The van der Waals surface area contributed by atoms with Crippen molar-refractivity contribution in [3.63, 3.8) is 0 Å². The van der Waals surface area contributed by atoms with Gasteiger partial charge >= 0.3 is 0 Å². The van der Waals surface area contributed by atoms with E-state index in [9.17, 15) is 24.0 Å². The molecule has 1 heterocycles. The number of ether oxygens (including phenoxy) is 2. The highest BCUT2D eigenvalue weighted by atomic mass is 16.5. The topological polar surface area (TPSA) is 196 Å². The third-order valence-corrected chi connectivity index (χ3v) is 10.2. The van der Waals surface area contributed by atoms with Crippen molar-refractivity contribution in [3.8, 4) is 0 Å². The SMILES string of the molecule is CCC(C)C(C(CC(=O)N1CCCC1C(OC)C(C)C(=O)NC(CN)Cc1ccc(NC(=O)CNC(=O)C(C)NC)cc1)OC)N(C)C(=O)CNC. The molecule has 1 fully saturated rings. The van der Waals surface area contributed by atoms with Crippen molar-refractivity contribution in [3.05, 3.63) is 29.8 Å². The van der Waals surface area contributed by atoms with Crippen LogP contribution in [0.4, 0.5) is 5.69 Å². The molecule has 0 aromatic heterocycles. The van der Waals surface area contributed by atoms with E-state index in [1.165, 1.54) is 0 Å². The number of carbonyl (C=O) groups is 5. The monoisotopic (exact) mass is 732 g/mol. The number of likely N-dealkylation sites (N-methyl/N-ethyl adjacent to an activating group) is 3. The largest absolute Gasteiger partial charge is 0.379 e. The number of hydrogen-bond donors (Lipinski definition) is 6. The predicted molar refractivity (Wildman–Crippen MR) is 201 cm³/mol. The predicted octanol–water partition coefficient (Wildman–Crippen LogP) is 0.475. The third-order valence-electron chi connectivity index (χ3n) is 10.2. The number of likely N-dealkylation sites (tertiary alicyclic amines) is 1. The summed E-state index contributed by atoms with van der Waals surface area (Å²) in [6.45, 7) is 8.41. The van der Waals surface area contributed by atoms with Crippen LogP contribution in [0, 0.1) is 11.8 Å². The fourth-order valence-corrected chi connectivity index (χ4v) is 6.79. The number of methoxy groups -OCH3 is 2. The first-order chi connectivity index (χ1) is 24.8. The summed E-state index contributed by atoms with van der Waals surface area (Å²) < 4.78 is 11.8. The maximum atomic E-state index is 13.9. The highest BCUT2D eigenvalue weighted by Gasteiger charge is 2.42. The van der Waals surface area contributed by atoms with E-state index in [2.05, 4.69) is 40.4 Å². The van der Waals surface area contributed by atoms with E-state index < -0.39 is 24.2 Å². The van der Waals surface area contributed by atoms with E-state index in [1.807, 2.05) is 17.0 Å². The van der Waals surface area contributed by atoms with Gasteiger partial charge in [0.05, 0.1) is 55.8 Å². The molecule has 1 aliphatic heterocycles. The molecular formula is C37H64N8O7. The average molecular weight is 733 g/mol. The van der Waals surface area contributed by atoms with Crippen molar-refractivity contribution in [2.75, 3.05) is 66.9 Å². The van der Waals surface area contributed by atoms with Gasteiger partial charge in [-0.2, -0.15) is 0 Å². The number of benzene rings is 1. The molecule has 15 nitrogen and oxygen atoms in total. The van der Waals surface area contributed by atoms with Crippen molar-refractivity contribution in [1.82, 2.24) is 31.1 Å². The van der Waals surface area contributed by atoms with Gasteiger partial charge in [0, 0.05) is 46.1 Å². The first-order valence-corrected chi connectivity index (χ1v) is 18.4. The lowest BCUT2D eigenvalue weighted by Gasteiger charge is -2.39. The standard InChI is InChI=1S/C37H64N8O7/c1-10-23(2)34(44(7)33(48)22-39-5)30(51-8)19-32(47)45-17-11-12-29(45)35(52-9)24(3)36(49)43-28(20-38)18-26-13-15-27(16-14-26)42-31(46)21-41-37(50)25(4)40-6/h13-16,23-25,28-30,34-35,39-40H,10-12,17-22,38H2,1-9H3,(H,41,50)(H,42,46)(H,43,49). The van der Waals surface area contributed by atoms with Crippen LogP contribution in [0.5, 0.6) is 0 Å². The Morgan fingerprint density at radius 3 is 2.23 bits per heavy atom. The first-order valence-electron chi connectivity index (χ1n) is 18.4. The second-order valence-corrected chi connectivity index (χ2v) is 13.8. The number of carbonyl (C=O) groups excluding carboxylic acids is 5. The Morgan fingerprint density at radius 1 is 1.00 bits per heavy atom. The number of amides is 5. The van der Waals surface area contributed by atoms with Gasteiger partial charge in [0.2, 0.25) is 29.5 Å². The average Bonchev–Trinajstić information content (AvgIpc) is 3.63. The van der Waals surface area contributed by atoms with Crippen LogP contribution < -0.4 is 32.3 Å². The van der Waals surface area contributed by atoms with E-state index in [0.29, 0.717) is 25.1 Å².